The van der Waals surface area contributed by atoms with Gasteiger partial charge in [-0.1, -0.05) is 48.5 Å². The highest BCUT2D eigenvalue weighted by molar-refractivity contribution is 7.98. The van der Waals surface area contributed by atoms with E-state index in [4.69, 9.17) is 0 Å². The largest absolute Gasteiger partial charge is 0.333 e. The number of benzene rings is 2. The molecule has 28 heavy (non-hydrogen) atoms. The van der Waals surface area contributed by atoms with Gasteiger partial charge >= 0.3 is 0 Å². The van der Waals surface area contributed by atoms with Gasteiger partial charge in [0.25, 0.3) is 0 Å². The molecular weight excluding hydrogens is 392 g/mol. The molecule has 0 saturated carbocycles. The number of rotatable bonds is 7. The van der Waals surface area contributed by atoms with Gasteiger partial charge in [-0.2, -0.15) is 11.8 Å². The number of sulfonamides is 1. The van der Waals surface area contributed by atoms with E-state index in [0.717, 1.165) is 22.3 Å². The van der Waals surface area contributed by atoms with Gasteiger partial charge in [0.15, 0.2) is 0 Å². The first-order valence-electron chi connectivity index (χ1n) is 9.39. The lowest BCUT2D eigenvalue weighted by Crippen LogP contribution is -2.48. The molecule has 5 nitrogen and oxygen atoms in total. The summed E-state index contributed by atoms with van der Waals surface area (Å²) in [5.41, 5.74) is 4.40. The fourth-order valence-corrected chi connectivity index (χ4v) is 4.74. The topological polar surface area (TPSA) is 66.5 Å². The summed E-state index contributed by atoms with van der Waals surface area (Å²) in [6, 6.07) is 15.4. The van der Waals surface area contributed by atoms with Crippen molar-refractivity contribution in [2.75, 3.05) is 17.8 Å². The van der Waals surface area contributed by atoms with E-state index < -0.39 is 16.1 Å². The van der Waals surface area contributed by atoms with Crippen molar-refractivity contribution in [2.45, 2.75) is 32.5 Å². The van der Waals surface area contributed by atoms with Gasteiger partial charge in [-0.3, -0.25) is 4.79 Å². The van der Waals surface area contributed by atoms with Crippen LogP contribution in [0.2, 0.25) is 0 Å². The van der Waals surface area contributed by atoms with Crippen LogP contribution in [0.4, 0.5) is 0 Å². The predicted molar refractivity (Wildman–Crippen MR) is 116 cm³/mol. The molecular formula is C21H26N2O3S2. The molecule has 7 heteroatoms. The zero-order chi connectivity index (χ0) is 20.1. The molecule has 1 aliphatic rings. The molecule has 2 aromatic rings. The van der Waals surface area contributed by atoms with E-state index in [1.54, 1.807) is 23.6 Å². The van der Waals surface area contributed by atoms with E-state index in [9.17, 15) is 13.2 Å². The minimum Gasteiger partial charge on any atom is -0.333 e. The Labute approximate surface area is 171 Å². The number of hydrogen-bond donors (Lipinski definition) is 1. The zero-order valence-electron chi connectivity index (χ0n) is 16.2. The summed E-state index contributed by atoms with van der Waals surface area (Å²) >= 11 is 1.60. The van der Waals surface area contributed by atoms with Crippen LogP contribution in [0.25, 0.3) is 11.1 Å². The van der Waals surface area contributed by atoms with E-state index in [2.05, 4.69) is 16.9 Å². The summed E-state index contributed by atoms with van der Waals surface area (Å²) in [4.78, 5) is 15.1. The van der Waals surface area contributed by atoms with Gasteiger partial charge in [0, 0.05) is 13.1 Å². The predicted octanol–water partition coefficient (Wildman–Crippen LogP) is 3.26. The number of fused-ring (bicyclic) bond motifs is 3. The Hall–Kier alpha value is -1.83. The van der Waals surface area contributed by atoms with Crippen LogP contribution in [-0.2, 0) is 27.9 Å². The summed E-state index contributed by atoms with van der Waals surface area (Å²) in [6.07, 6.45) is 2.42. The molecule has 0 spiro atoms. The van der Waals surface area contributed by atoms with Crippen molar-refractivity contribution >= 4 is 27.7 Å². The number of amides is 1. The van der Waals surface area contributed by atoms with Crippen LogP contribution in [0.5, 0.6) is 0 Å². The number of nitrogens with zero attached hydrogens (tertiary/aromatic N) is 1. The maximum atomic E-state index is 13.4. The minimum absolute atomic E-state index is 0.0400. The Morgan fingerprint density at radius 1 is 1.07 bits per heavy atom. The molecule has 1 unspecified atom stereocenters. The van der Waals surface area contributed by atoms with Crippen LogP contribution in [0.1, 0.15) is 24.5 Å². The van der Waals surface area contributed by atoms with Crippen molar-refractivity contribution in [3.05, 3.63) is 59.7 Å². The number of hydrogen-bond acceptors (Lipinski definition) is 4. The first-order valence-corrected chi connectivity index (χ1v) is 12.4. The van der Waals surface area contributed by atoms with Crippen molar-refractivity contribution < 1.29 is 13.2 Å². The third-order valence-corrected chi connectivity index (χ3v) is 7.02. The normalized spacial score (nSPS) is 14.7. The number of carbonyl (C=O) groups excluding carboxylic acids is 1. The fraction of sp³-hybridized carbons (Fsp3) is 0.381. The van der Waals surface area contributed by atoms with E-state index in [1.807, 2.05) is 42.7 Å². The monoisotopic (exact) mass is 418 g/mol. The lowest BCUT2D eigenvalue weighted by Gasteiger charge is -2.27. The van der Waals surface area contributed by atoms with Gasteiger partial charge in [-0.15, -0.1) is 0 Å². The molecule has 0 aromatic heterocycles. The Kier molecular flexibility index (Phi) is 6.80. The van der Waals surface area contributed by atoms with Gasteiger partial charge in [0.1, 0.15) is 6.04 Å². The molecule has 2 aromatic carbocycles. The Morgan fingerprint density at radius 2 is 1.61 bits per heavy atom. The van der Waals surface area contributed by atoms with Crippen molar-refractivity contribution in [3.8, 4) is 11.1 Å². The quantitative estimate of drug-likeness (QED) is 0.750. The lowest BCUT2D eigenvalue weighted by molar-refractivity contribution is -0.134. The summed E-state index contributed by atoms with van der Waals surface area (Å²) in [6.45, 7) is 2.51. The number of thioether (sulfide) groups is 1. The summed E-state index contributed by atoms with van der Waals surface area (Å²) in [5.74, 6) is 0.503. The van der Waals surface area contributed by atoms with Crippen LogP contribution in [0, 0.1) is 0 Å². The van der Waals surface area contributed by atoms with E-state index in [1.165, 1.54) is 0 Å². The van der Waals surface area contributed by atoms with Gasteiger partial charge in [0.2, 0.25) is 15.9 Å². The average molecular weight is 419 g/mol. The van der Waals surface area contributed by atoms with E-state index in [0.29, 0.717) is 25.3 Å². The standard InChI is InChI=1S/C21H26N2O3S2/c1-3-28(25,26)22-20(12-13-27-2)21(24)23-14-16-8-4-6-10-18(16)19-11-7-5-9-17(19)15-23/h4-11,20,22H,3,12-15H2,1-2H3. The molecule has 1 atom stereocenters. The van der Waals surface area contributed by atoms with E-state index >= 15 is 0 Å². The van der Waals surface area contributed by atoms with Gasteiger partial charge in [0.05, 0.1) is 5.75 Å². The molecule has 0 radical (unpaired) electrons. The van der Waals surface area contributed by atoms with Gasteiger partial charge in [-0.25, -0.2) is 13.1 Å². The minimum atomic E-state index is -3.47. The third-order valence-electron chi connectivity index (χ3n) is 4.97. The lowest BCUT2D eigenvalue weighted by atomic mass is 9.97. The maximum Gasteiger partial charge on any atom is 0.241 e. The molecule has 1 aliphatic heterocycles. The molecule has 1 N–H and O–H groups in total. The SMILES string of the molecule is CCS(=O)(=O)NC(CCSC)C(=O)N1Cc2ccccc2-c2ccccc2C1. The highest BCUT2D eigenvalue weighted by Gasteiger charge is 2.30. The second-order valence-electron chi connectivity index (χ2n) is 6.86. The highest BCUT2D eigenvalue weighted by atomic mass is 32.2. The van der Waals surface area contributed by atoms with Crippen LogP contribution in [0.3, 0.4) is 0 Å². The van der Waals surface area contributed by atoms with Crippen LogP contribution < -0.4 is 4.72 Å². The Bertz CT molecular complexity index is 897. The molecule has 0 fully saturated rings. The second kappa shape index (κ2) is 9.11. The average Bonchev–Trinajstić information content (AvgIpc) is 2.87. The Morgan fingerprint density at radius 3 is 2.11 bits per heavy atom. The van der Waals surface area contributed by atoms with Crippen LogP contribution in [-0.4, -0.2) is 43.0 Å². The maximum absolute atomic E-state index is 13.4. The van der Waals surface area contributed by atoms with E-state index in [-0.39, 0.29) is 11.7 Å². The van der Waals surface area contributed by atoms with Crippen LogP contribution >= 0.6 is 11.8 Å². The highest BCUT2D eigenvalue weighted by Crippen LogP contribution is 2.32. The summed E-state index contributed by atoms with van der Waals surface area (Å²) < 4.78 is 26.9. The molecule has 0 aliphatic carbocycles. The number of nitrogens with one attached hydrogen (secondary N) is 1. The van der Waals surface area contributed by atoms with Crippen molar-refractivity contribution in [3.63, 3.8) is 0 Å². The molecule has 1 heterocycles. The summed E-state index contributed by atoms with van der Waals surface area (Å²) in [5, 5.41) is 0. The van der Waals surface area contributed by atoms with Crippen molar-refractivity contribution in [1.82, 2.24) is 9.62 Å². The molecule has 0 saturated heterocycles. The van der Waals surface area contributed by atoms with Crippen molar-refractivity contribution in [2.24, 2.45) is 0 Å². The first-order chi connectivity index (χ1) is 13.4. The molecule has 150 valence electrons. The Balaban J connectivity index is 1.94. The van der Waals surface area contributed by atoms with Gasteiger partial charge < -0.3 is 4.90 Å². The molecule has 0 bridgehead atoms. The van der Waals surface area contributed by atoms with Crippen LogP contribution in [0.15, 0.2) is 48.5 Å². The van der Waals surface area contributed by atoms with Crippen molar-refractivity contribution in [1.29, 1.82) is 0 Å². The van der Waals surface area contributed by atoms with Gasteiger partial charge in [-0.05, 0) is 47.6 Å². The molecule has 3 rings (SSSR count). The smallest absolute Gasteiger partial charge is 0.241 e. The molecule has 1 amide bonds. The third kappa shape index (κ3) is 4.77. The number of carbonyl (C=O) groups is 1. The first kappa shape index (κ1) is 20.9. The zero-order valence-corrected chi connectivity index (χ0v) is 17.9. The summed E-state index contributed by atoms with van der Waals surface area (Å²) in [7, 11) is -3.47. The fourth-order valence-electron chi connectivity index (χ4n) is 3.45. The second-order valence-corrected chi connectivity index (χ2v) is 9.89.